The van der Waals surface area contributed by atoms with Gasteiger partial charge in [0.1, 0.15) is 11.5 Å². The van der Waals surface area contributed by atoms with Crippen molar-refractivity contribution in [3.05, 3.63) is 89.6 Å². The third-order valence-corrected chi connectivity index (χ3v) is 8.35. The van der Waals surface area contributed by atoms with Crippen molar-refractivity contribution in [1.82, 2.24) is 4.98 Å². The highest BCUT2D eigenvalue weighted by Crippen LogP contribution is 2.43. The summed E-state index contributed by atoms with van der Waals surface area (Å²) in [4.78, 5) is 6.02. The minimum Gasteiger partial charge on any atom is -0.453 e. The molecule has 0 saturated carbocycles. The lowest BCUT2D eigenvalue weighted by molar-refractivity contribution is 0.596. The molecule has 3 heterocycles. The molecule has 0 fully saturated rings. The molecule has 0 aliphatic carbocycles. The van der Waals surface area contributed by atoms with Gasteiger partial charge in [-0.05, 0) is 82.3 Å². The number of aromatic nitrogens is 1. The molecule has 2 nitrogen and oxygen atoms in total. The van der Waals surface area contributed by atoms with Gasteiger partial charge in [0.25, 0.3) is 0 Å². The van der Waals surface area contributed by atoms with Gasteiger partial charge in [0.2, 0.25) is 0 Å². The van der Waals surface area contributed by atoms with Crippen LogP contribution in [0.3, 0.4) is 0 Å². The molecule has 3 aromatic heterocycles. The van der Waals surface area contributed by atoms with Crippen LogP contribution in [0.2, 0.25) is 0 Å². The van der Waals surface area contributed by atoms with Crippen molar-refractivity contribution in [2.75, 3.05) is 0 Å². The van der Waals surface area contributed by atoms with Gasteiger partial charge in [0, 0.05) is 27.4 Å². The van der Waals surface area contributed by atoms with E-state index in [9.17, 15) is 0 Å². The Morgan fingerprint density at radius 3 is 2.49 bits per heavy atom. The van der Waals surface area contributed by atoms with Crippen LogP contribution in [0.4, 0.5) is 0 Å². The Labute approximate surface area is 223 Å². The van der Waals surface area contributed by atoms with Crippen molar-refractivity contribution in [3.8, 4) is 21.9 Å². The first-order valence-electron chi connectivity index (χ1n) is 13.1. The first kappa shape index (κ1) is 23.9. The van der Waals surface area contributed by atoms with E-state index in [-0.39, 0.29) is 5.41 Å². The van der Waals surface area contributed by atoms with Gasteiger partial charge in [-0.15, -0.1) is 11.3 Å². The number of nitrogens with zero attached hydrogens (tertiary/aromatic N) is 1. The zero-order valence-corrected chi connectivity index (χ0v) is 23.3. The van der Waals surface area contributed by atoms with Crippen LogP contribution in [0, 0.1) is 12.8 Å². The molecular weight excluding hydrogens is 470 g/mol. The Bertz CT molecular complexity index is 1780. The van der Waals surface area contributed by atoms with E-state index < -0.39 is 0 Å². The molecule has 0 N–H and O–H groups in total. The molecule has 3 aromatic carbocycles. The van der Waals surface area contributed by atoms with Crippen molar-refractivity contribution in [2.24, 2.45) is 5.92 Å². The molecule has 0 atom stereocenters. The molecular formula is C34H33NOS. The molecule has 3 heteroatoms. The van der Waals surface area contributed by atoms with E-state index in [1.54, 1.807) is 0 Å². The largest absolute Gasteiger partial charge is 0.453 e. The number of hydrogen-bond donors (Lipinski definition) is 0. The molecule has 0 aliphatic rings. The molecule has 0 saturated heterocycles. The lowest BCUT2D eigenvalue weighted by Crippen LogP contribution is -2.12. The average molecular weight is 504 g/mol. The van der Waals surface area contributed by atoms with Gasteiger partial charge in [-0.25, -0.2) is 0 Å². The number of benzene rings is 3. The number of pyridine rings is 1. The van der Waals surface area contributed by atoms with Crippen LogP contribution < -0.4 is 0 Å². The molecule has 186 valence electrons. The highest BCUT2D eigenvalue weighted by molar-refractivity contribution is 7.22. The molecule has 6 aromatic rings. The van der Waals surface area contributed by atoms with Crippen molar-refractivity contribution < 1.29 is 4.42 Å². The third-order valence-electron chi connectivity index (χ3n) is 7.25. The minimum absolute atomic E-state index is 0.0131. The summed E-state index contributed by atoms with van der Waals surface area (Å²) in [6, 6.07) is 24.4. The van der Waals surface area contributed by atoms with E-state index in [2.05, 4.69) is 108 Å². The Kier molecular flexibility index (Phi) is 5.72. The summed E-state index contributed by atoms with van der Waals surface area (Å²) in [5, 5.41) is 4.93. The second kappa shape index (κ2) is 8.85. The first-order chi connectivity index (χ1) is 17.7. The van der Waals surface area contributed by atoms with Gasteiger partial charge in [-0.1, -0.05) is 71.0 Å². The third kappa shape index (κ3) is 4.26. The molecule has 0 aliphatic heterocycles. The highest BCUT2D eigenvalue weighted by atomic mass is 32.1. The predicted octanol–water partition coefficient (Wildman–Crippen LogP) is 10.3. The topological polar surface area (TPSA) is 26.0 Å². The molecule has 0 amide bonds. The Hall–Kier alpha value is -3.43. The van der Waals surface area contributed by atoms with Crippen molar-refractivity contribution in [2.45, 2.75) is 53.4 Å². The summed E-state index contributed by atoms with van der Waals surface area (Å²) in [6.07, 6.45) is 3.02. The standard InChI is InChI=1S/C34H33NOS/c1-20(2)15-22-11-12-24-19-30(37-29(24)16-22)32-21(3)26-13-14-35-31(33(26)36-32)25-17-23-9-7-8-10-27(23)28(18-25)34(4,5)6/h7-14,16-20H,15H2,1-6H3. The molecule has 37 heavy (non-hydrogen) atoms. The van der Waals surface area contributed by atoms with Crippen LogP contribution in [0.1, 0.15) is 51.3 Å². The van der Waals surface area contributed by atoms with E-state index in [0.29, 0.717) is 5.92 Å². The van der Waals surface area contributed by atoms with Gasteiger partial charge in [0.05, 0.1) is 4.88 Å². The SMILES string of the molecule is Cc1c(-c2cc3ccc(CC(C)C)cc3s2)oc2c(-c3cc(C(C)(C)C)c4ccccc4c3)nccc12. The Balaban J connectivity index is 1.52. The minimum atomic E-state index is 0.0131. The molecule has 0 bridgehead atoms. The maximum Gasteiger partial charge on any atom is 0.161 e. The van der Waals surface area contributed by atoms with Crippen LogP contribution in [0.25, 0.3) is 53.7 Å². The van der Waals surface area contributed by atoms with Gasteiger partial charge < -0.3 is 4.42 Å². The van der Waals surface area contributed by atoms with Gasteiger partial charge >= 0.3 is 0 Å². The van der Waals surface area contributed by atoms with Crippen LogP contribution in [0.5, 0.6) is 0 Å². The lowest BCUT2D eigenvalue weighted by atomic mass is 9.82. The van der Waals surface area contributed by atoms with Gasteiger partial charge in [0.15, 0.2) is 5.58 Å². The van der Waals surface area contributed by atoms with E-state index in [1.165, 1.54) is 42.4 Å². The highest BCUT2D eigenvalue weighted by Gasteiger charge is 2.22. The van der Waals surface area contributed by atoms with Crippen molar-refractivity contribution >= 4 is 43.2 Å². The van der Waals surface area contributed by atoms with Crippen LogP contribution in [0.15, 0.2) is 77.3 Å². The maximum absolute atomic E-state index is 6.68. The summed E-state index contributed by atoms with van der Waals surface area (Å²) < 4.78 is 8.00. The number of fused-ring (bicyclic) bond motifs is 3. The number of thiophene rings is 1. The summed E-state index contributed by atoms with van der Waals surface area (Å²) in [7, 11) is 0. The van der Waals surface area contributed by atoms with E-state index in [1.807, 2.05) is 17.5 Å². The summed E-state index contributed by atoms with van der Waals surface area (Å²) in [5.41, 5.74) is 6.78. The smallest absolute Gasteiger partial charge is 0.161 e. The lowest BCUT2D eigenvalue weighted by Gasteiger charge is -2.22. The average Bonchev–Trinajstić information content (AvgIpc) is 3.43. The Morgan fingerprint density at radius 1 is 0.892 bits per heavy atom. The summed E-state index contributed by atoms with van der Waals surface area (Å²) >= 11 is 1.82. The van der Waals surface area contributed by atoms with Crippen LogP contribution >= 0.6 is 11.3 Å². The molecule has 0 spiro atoms. The number of aryl methyl sites for hydroxylation is 1. The molecule has 0 radical (unpaired) electrons. The normalized spacial score (nSPS) is 12.4. The van der Waals surface area contributed by atoms with Crippen LogP contribution in [-0.4, -0.2) is 4.98 Å². The zero-order valence-electron chi connectivity index (χ0n) is 22.5. The van der Waals surface area contributed by atoms with Crippen LogP contribution in [-0.2, 0) is 11.8 Å². The summed E-state index contributed by atoms with van der Waals surface area (Å²) in [5.74, 6) is 1.60. The number of hydrogen-bond acceptors (Lipinski definition) is 3. The number of furan rings is 1. The number of rotatable bonds is 4. The fourth-order valence-electron chi connectivity index (χ4n) is 5.44. The summed E-state index contributed by atoms with van der Waals surface area (Å²) in [6.45, 7) is 13.5. The van der Waals surface area contributed by atoms with Crippen molar-refractivity contribution in [3.63, 3.8) is 0 Å². The van der Waals surface area contributed by atoms with E-state index >= 15 is 0 Å². The fourth-order valence-corrected chi connectivity index (χ4v) is 6.61. The quantitative estimate of drug-likeness (QED) is 0.239. The fraction of sp³-hybridized carbons (Fsp3) is 0.265. The Morgan fingerprint density at radius 2 is 1.70 bits per heavy atom. The monoisotopic (exact) mass is 503 g/mol. The van der Waals surface area contributed by atoms with E-state index in [0.717, 1.165) is 34.4 Å². The van der Waals surface area contributed by atoms with Crippen molar-refractivity contribution in [1.29, 1.82) is 0 Å². The first-order valence-corrected chi connectivity index (χ1v) is 14.0. The van der Waals surface area contributed by atoms with Gasteiger partial charge in [-0.3, -0.25) is 4.98 Å². The molecule has 0 unspecified atom stereocenters. The van der Waals surface area contributed by atoms with Gasteiger partial charge in [-0.2, -0.15) is 0 Å². The zero-order chi connectivity index (χ0) is 25.9. The molecule has 6 rings (SSSR count). The maximum atomic E-state index is 6.68. The van der Waals surface area contributed by atoms with E-state index in [4.69, 9.17) is 9.40 Å². The second-order valence-corrected chi connectivity index (χ2v) is 12.8. The predicted molar refractivity (Wildman–Crippen MR) is 160 cm³/mol. The second-order valence-electron chi connectivity index (χ2n) is 11.7.